The van der Waals surface area contributed by atoms with Gasteiger partial charge in [-0.15, -0.1) is 0 Å². The number of nitrogens with one attached hydrogen (secondary N) is 1. The molecule has 0 aliphatic heterocycles. The Kier molecular flexibility index (Phi) is 4.96. The van der Waals surface area contributed by atoms with E-state index in [0.29, 0.717) is 5.88 Å². The van der Waals surface area contributed by atoms with Gasteiger partial charge in [0.05, 0.1) is 7.11 Å². The minimum absolute atomic E-state index is 0.624. The van der Waals surface area contributed by atoms with Gasteiger partial charge in [-0.05, 0) is 37.2 Å². The van der Waals surface area contributed by atoms with Gasteiger partial charge in [0, 0.05) is 24.4 Å². The molecule has 0 aliphatic rings. The fourth-order valence-corrected chi connectivity index (χ4v) is 1.87. The smallest absolute Gasteiger partial charge is 0.222 e. The van der Waals surface area contributed by atoms with Crippen LogP contribution < -0.4 is 14.8 Å². The van der Waals surface area contributed by atoms with Gasteiger partial charge in [0.25, 0.3) is 0 Å². The molecule has 2 aromatic rings. The van der Waals surface area contributed by atoms with Crippen LogP contribution in [0.3, 0.4) is 0 Å². The second-order valence-electron chi connectivity index (χ2n) is 4.53. The Morgan fingerprint density at radius 1 is 1.20 bits per heavy atom. The molecule has 0 saturated carbocycles. The van der Waals surface area contributed by atoms with Crippen LogP contribution in [0, 0.1) is 6.92 Å². The molecule has 0 amide bonds. The van der Waals surface area contributed by atoms with Crippen molar-refractivity contribution in [1.82, 2.24) is 10.3 Å². The van der Waals surface area contributed by atoms with E-state index in [1.54, 1.807) is 7.11 Å². The van der Waals surface area contributed by atoms with E-state index in [-0.39, 0.29) is 0 Å². The summed E-state index contributed by atoms with van der Waals surface area (Å²) >= 11 is 0. The maximum atomic E-state index is 5.80. The van der Waals surface area contributed by atoms with Crippen LogP contribution in [0.1, 0.15) is 18.1 Å². The normalized spacial score (nSPS) is 10.3. The Morgan fingerprint density at radius 2 is 2.00 bits per heavy atom. The highest BCUT2D eigenvalue weighted by Gasteiger charge is 2.05. The van der Waals surface area contributed by atoms with Gasteiger partial charge in [-0.25, -0.2) is 4.98 Å². The maximum absolute atomic E-state index is 5.80. The highest BCUT2D eigenvalue weighted by molar-refractivity contribution is 5.37. The summed E-state index contributed by atoms with van der Waals surface area (Å²) < 4.78 is 11.0. The molecule has 0 bridgehead atoms. The fourth-order valence-electron chi connectivity index (χ4n) is 1.87. The van der Waals surface area contributed by atoms with E-state index in [0.717, 1.165) is 35.7 Å². The van der Waals surface area contributed by atoms with Crippen molar-refractivity contribution in [2.24, 2.45) is 0 Å². The minimum atomic E-state index is 0.624. The van der Waals surface area contributed by atoms with Crippen LogP contribution in [0.5, 0.6) is 17.4 Å². The lowest BCUT2D eigenvalue weighted by Gasteiger charge is -2.10. The molecule has 0 fully saturated rings. The summed E-state index contributed by atoms with van der Waals surface area (Å²) in [5, 5.41) is 3.28. The second-order valence-corrected chi connectivity index (χ2v) is 4.53. The number of aromatic nitrogens is 1. The van der Waals surface area contributed by atoms with Crippen molar-refractivity contribution >= 4 is 0 Å². The van der Waals surface area contributed by atoms with Gasteiger partial charge in [0.1, 0.15) is 11.5 Å². The molecule has 1 aromatic heterocycles. The molecule has 106 valence electrons. The molecule has 0 atom stereocenters. The van der Waals surface area contributed by atoms with E-state index in [9.17, 15) is 0 Å². The molecule has 0 aliphatic carbocycles. The quantitative estimate of drug-likeness (QED) is 0.876. The molecule has 4 heteroatoms. The van der Waals surface area contributed by atoms with Gasteiger partial charge < -0.3 is 14.8 Å². The van der Waals surface area contributed by atoms with Crippen molar-refractivity contribution in [3.63, 3.8) is 0 Å². The van der Waals surface area contributed by atoms with Gasteiger partial charge in [-0.1, -0.05) is 13.0 Å². The Hall–Kier alpha value is -2.07. The van der Waals surface area contributed by atoms with E-state index in [1.165, 1.54) is 0 Å². The monoisotopic (exact) mass is 272 g/mol. The molecule has 1 heterocycles. The molecule has 0 radical (unpaired) electrons. The number of ether oxygens (including phenoxy) is 2. The van der Waals surface area contributed by atoms with Gasteiger partial charge in [-0.2, -0.15) is 0 Å². The molecule has 0 unspecified atom stereocenters. The van der Waals surface area contributed by atoms with Crippen molar-refractivity contribution in [2.75, 3.05) is 13.7 Å². The average molecular weight is 272 g/mol. The Balaban J connectivity index is 2.12. The third-order valence-corrected chi connectivity index (χ3v) is 2.92. The Bertz CT molecular complexity index is 570. The molecule has 0 saturated heterocycles. The van der Waals surface area contributed by atoms with E-state index < -0.39 is 0 Å². The highest BCUT2D eigenvalue weighted by Crippen LogP contribution is 2.26. The van der Waals surface area contributed by atoms with Crippen LogP contribution >= 0.6 is 0 Å². The van der Waals surface area contributed by atoms with E-state index in [2.05, 4.69) is 23.3 Å². The summed E-state index contributed by atoms with van der Waals surface area (Å²) in [6, 6.07) is 9.59. The van der Waals surface area contributed by atoms with Crippen molar-refractivity contribution in [3.05, 3.63) is 47.7 Å². The summed E-state index contributed by atoms with van der Waals surface area (Å²) in [4.78, 5) is 4.38. The number of rotatable bonds is 6. The Morgan fingerprint density at radius 3 is 2.70 bits per heavy atom. The largest absolute Gasteiger partial charge is 0.497 e. The van der Waals surface area contributed by atoms with E-state index in [4.69, 9.17) is 9.47 Å². The molecule has 2 rings (SSSR count). The molecular weight excluding hydrogens is 252 g/mol. The number of pyridine rings is 1. The second kappa shape index (κ2) is 6.91. The summed E-state index contributed by atoms with van der Waals surface area (Å²) in [5.74, 6) is 2.11. The number of hydrogen-bond donors (Lipinski definition) is 1. The van der Waals surface area contributed by atoms with Gasteiger partial charge >= 0.3 is 0 Å². The van der Waals surface area contributed by atoms with Gasteiger partial charge in [0.2, 0.25) is 5.88 Å². The molecule has 1 N–H and O–H groups in total. The zero-order valence-corrected chi connectivity index (χ0v) is 12.1. The van der Waals surface area contributed by atoms with Gasteiger partial charge in [-0.3, -0.25) is 0 Å². The average Bonchev–Trinajstić information content (AvgIpc) is 2.48. The molecule has 1 aromatic carbocycles. The van der Waals surface area contributed by atoms with Crippen molar-refractivity contribution < 1.29 is 9.47 Å². The lowest BCUT2D eigenvalue weighted by atomic mass is 10.2. The predicted molar refractivity (Wildman–Crippen MR) is 79.4 cm³/mol. The molecule has 20 heavy (non-hydrogen) atoms. The first kappa shape index (κ1) is 14.3. The first-order valence-corrected chi connectivity index (χ1v) is 6.71. The number of benzene rings is 1. The SMILES string of the molecule is CCNCc1cnc(Oc2cccc(OC)c2)c(C)c1. The standard InChI is InChI=1S/C16H20N2O2/c1-4-17-10-13-8-12(2)16(18-11-13)20-15-7-5-6-14(9-15)19-3/h5-9,11,17H,4,10H2,1-3H3. The van der Waals surface area contributed by atoms with E-state index in [1.807, 2.05) is 37.4 Å². The number of hydrogen-bond acceptors (Lipinski definition) is 4. The van der Waals surface area contributed by atoms with Crippen LogP contribution in [0.4, 0.5) is 0 Å². The first-order valence-electron chi connectivity index (χ1n) is 6.71. The maximum Gasteiger partial charge on any atom is 0.222 e. The lowest BCUT2D eigenvalue weighted by molar-refractivity contribution is 0.407. The zero-order chi connectivity index (χ0) is 14.4. The fraction of sp³-hybridized carbons (Fsp3) is 0.312. The lowest BCUT2D eigenvalue weighted by Crippen LogP contribution is -2.12. The van der Waals surface area contributed by atoms with Crippen molar-refractivity contribution in [3.8, 4) is 17.4 Å². The van der Waals surface area contributed by atoms with Crippen molar-refractivity contribution in [1.29, 1.82) is 0 Å². The van der Waals surface area contributed by atoms with Crippen LogP contribution in [0.15, 0.2) is 36.5 Å². The van der Waals surface area contributed by atoms with Crippen LogP contribution in [0.2, 0.25) is 0 Å². The molecule has 4 nitrogen and oxygen atoms in total. The number of methoxy groups -OCH3 is 1. The van der Waals surface area contributed by atoms with E-state index >= 15 is 0 Å². The van der Waals surface area contributed by atoms with Crippen molar-refractivity contribution in [2.45, 2.75) is 20.4 Å². The summed E-state index contributed by atoms with van der Waals surface area (Å²) in [7, 11) is 1.64. The summed E-state index contributed by atoms with van der Waals surface area (Å²) in [6.07, 6.45) is 1.84. The summed E-state index contributed by atoms with van der Waals surface area (Å²) in [6.45, 7) is 5.85. The number of nitrogens with zero attached hydrogens (tertiary/aromatic N) is 1. The third-order valence-electron chi connectivity index (χ3n) is 2.92. The predicted octanol–water partition coefficient (Wildman–Crippen LogP) is 3.30. The number of aryl methyl sites for hydroxylation is 1. The Labute approximate surface area is 119 Å². The summed E-state index contributed by atoms with van der Waals surface area (Å²) in [5.41, 5.74) is 2.17. The minimum Gasteiger partial charge on any atom is -0.497 e. The van der Waals surface area contributed by atoms with Gasteiger partial charge in [0.15, 0.2) is 0 Å². The zero-order valence-electron chi connectivity index (χ0n) is 12.1. The molecule has 0 spiro atoms. The first-order chi connectivity index (χ1) is 9.72. The van der Waals surface area contributed by atoms with Crippen LogP contribution in [-0.2, 0) is 6.54 Å². The highest BCUT2D eigenvalue weighted by atomic mass is 16.5. The van der Waals surface area contributed by atoms with Crippen LogP contribution in [-0.4, -0.2) is 18.6 Å². The molecular formula is C16H20N2O2. The third kappa shape index (κ3) is 3.71. The topological polar surface area (TPSA) is 43.4 Å². The van der Waals surface area contributed by atoms with Crippen LogP contribution in [0.25, 0.3) is 0 Å².